The summed E-state index contributed by atoms with van der Waals surface area (Å²) in [6, 6.07) is 7.88. The highest BCUT2D eigenvalue weighted by molar-refractivity contribution is 5.42. The fourth-order valence-corrected chi connectivity index (χ4v) is 4.93. The van der Waals surface area contributed by atoms with Crippen molar-refractivity contribution in [3.63, 3.8) is 0 Å². The smallest absolute Gasteiger partial charge is 0.119 e. The van der Waals surface area contributed by atoms with Gasteiger partial charge in [0.05, 0.1) is 7.11 Å². The normalized spacial score (nSPS) is 35.5. The lowest BCUT2D eigenvalue weighted by molar-refractivity contribution is 0.122. The zero-order chi connectivity index (χ0) is 14.4. The third kappa shape index (κ3) is 2.18. The molecular weight excluding hydrogens is 260 g/mol. The molecule has 2 fully saturated rings. The Hall–Kier alpha value is -1.06. The average molecular weight is 286 g/mol. The number of hydrogen-bond donors (Lipinski definition) is 1. The Morgan fingerprint density at radius 3 is 2.86 bits per heavy atom. The van der Waals surface area contributed by atoms with E-state index < -0.39 is 0 Å². The van der Waals surface area contributed by atoms with Crippen molar-refractivity contribution < 1.29 is 4.74 Å². The van der Waals surface area contributed by atoms with Gasteiger partial charge in [0.1, 0.15) is 5.75 Å². The molecule has 3 heteroatoms. The Bertz CT molecular complexity index is 530. The van der Waals surface area contributed by atoms with Crippen LogP contribution < -0.4 is 10.5 Å². The van der Waals surface area contributed by atoms with Crippen molar-refractivity contribution in [2.45, 2.75) is 56.7 Å². The van der Waals surface area contributed by atoms with E-state index in [-0.39, 0.29) is 6.04 Å². The van der Waals surface area contributed by atoms with Gasteiger partial charge < -0.3 is 10.5 Å². The van der Waals surface area contributed by atoms with Gasteiger partial charge in [-0.2, -0.15) is 0 Å². The Kier molecular flexibility index (Phi) is 3.43. The minimum atomic E-state index is 0.149. The fourth-order valence-electron chi connectivity index (χ4n) is 4.93. The molecule has 1 aromatic carbocycles. The van der Waals surface area contributed by atoms with E-state index in [4.69, 9.17) is 10.5 Å². The largest absolute Gasteiger partial charge is 0.497 e. The maximum atomic E-state index is 6.62. The zero-order valence-electron chi connectivity index (χ0n) is 12.9. The first kappa shape index (κ1) is 13.6. The number of hydrogen-bond acceptors (Lipinski definition) is 3. The van der Waals surface area contributed by atoms with E-state index in [2.05, 4.69) is 23.1 Å². The molecule has 2 aliphatic carbocycles. The molecule has 0 amide bonds. The lowest BCUT2D eigenvalue weighted by atomic mass is 9.84. The van der Waals surface area contributed by atoms with Crippen molar-refractivity contribution in [3.05, 3.63) is 29.3 Å². The molecule has 1 aliphatic heterocycles. The van der Waals surface area contributed by atoms with Crippen LogP contribution >= 0.6 is 0 Å². The highest BCUT2D eigenvalue weighted by Crippen LogP contribution is 2.43. The van der Waals surface area contributed by atoms with E-state index in [0.717, 1.165) is 24.1 Å². The summed E-state index contributed by atoms with van der Waals surface area (Å²) in [6.45, 7) is 1.25. The van der Waals surface area contributed by atoms with Crippen molar-refractivity contribution in [1.82, 2.24) is 4.90 Å². The summed E-state index contributed by atoms with van der Waals surface area (Å²) in [5, 5.41) is 0. The number of benzene rings is 1. The molecule has 1 aromatic rings. The maximum absolute atomic E-state index is 6.62. The average Bonchev–Trinajstić information content (AvgIpc) is 3.08. The van der Waals surface area contributed by atoms with Crippen LogP contribution in [0.3, 0.4) is 0 Å². The molecule has 1 heterocycles. The Labute approximate surface area is 127 Å². The van der Waals surface area contributed by atoms with Gasteiger partial charge >= 0.3 is 0 Å². The number of nitrogens with zero attached hydrogens (tertiary/aromatic N) is 1. The first-order valence-electron chi connectivity index (χ1n) is 8.46. The minimum absolute atomic E-state index is 0.149. The Balaban J connectivity index is 1.57. The van der Waals surface area contributed by atoms with Crippen LogP contribution in [0.2, 0.25) is 0 Å². The molecular formula is C18H26N2O. The lowest BCUT2D eigenvalue weighted by Crippen LogP contribution is -2.46. The number of fused-ring (bicyclic) bond motifs is 2. The monoisotopic (exact) mass is 286 g/mol. The van der Waals surface area contributed by atoms with Gasteiger partial charge in [0, 0.05) is 18.1 Å². The molecule has 1 saturated carbocycles. The van der Waals surface area contributed by atoms with Gasteiger partial charge in [0.2, 0.25) is 0 Å². The molecule has 114 valence electrons. The third-order valence-corrected chi connectivity index (χ3v) is 6.03. The van der Waals surface area contributed by atoms with Gasteiger partial charge in [0.25, 0.3) is 0 Å². The molecule has 0 aromatic heterocycles. The Morgan fingerprint density at radius 1 is 1.14 bits per heavy atom. The van der Waals surface area contributed by atoms with Gasteiger partial charge in [-0.05, 0) is 61.4 Å². The first-order valence-corrected chi connectivity index (χ1v) is 8.46. The van der Waals surface area contributed by atoms with Gasteiger partial charge in [-0.3, -0.25) is 4.90 Å². The summed E-state index contributed by atoms with van der Waals surface area (Å²) >= 11 is 0. The third-order valence-electron chi connectivity index (χ3n) is 6.03. The number of likely N-dealkylation sites (tertiary alicyclic amines) is 1. The molecule has 1 saturated heterocycles. The number of nitrogens with two attached hydrogens (primary N) is 1. The van der Waals surface area contributed by atoms with Crippen molar-refractivity contribution >= 4 is 0 Å². The van der Waals surface area contributed by atoms with Crippen molar-refractivity contribution in [2.75, 3.05) is 13.7 Å². The van der Waals surface area contributed by atoms with Crippen molar-refractivity contribution in [1.29, 1.82) is 0 Å². The van der Waals surface area contributed by atoms with Gasteiger partial charge in [-0.1, -0.05) is 18.9 Å². The predicted molar refractivity (Wildman–Crippen MR) is 84.5 cm³/mol. The second kappa shape index (κ2) is 5.29. The van der Waals surface area contributed by atoms with Crippen LogP contribution in [0.4, 0.5) is 0 Å². The van der Waals surface area contributed by atoms with Crippen LogP contribution in [-0.4, -0.2) is 30.6 Å². The molecule has 0 spiro atoms. The number of methoxy groups -OCH3 is 1. The summed E-state index contributed by atoms with van der Waals surface area (Å²) in [6.07, 6.45) is 8.15. The summed E-state index contributed by atoms with van der Waals surface area (Å²) < 4.78 is 5.37. The van der Waals surface area contributed by atoms with Crippen LogP contribution in [0, 0.1) is 5.92 Å². The summed E-state index contributed by atoms with van der Waals surface area (Å²) in [4.78, 5) is 2.75. The van der Waals surface area contributed by atoms with Gasteiger partial charge in [0.15, 0.2) is 0 Å². The summed E-state index contributed by atoms with van der Waals surface area (Å²) in [5.41, 5.74) is 9.35. The molecule has 0 radical (unpaired) electrons. The van der Waals surface area contributed by atoms with E-state index in [1.165, 1.54) is 49.8 Å². The minimum Gasteiger partial charge on any atom is -0.497 e. The fraction of sp³-hybridized carbons (Fsp3) is 0.667. The topological polar surface area (TPSA) is 38.5 Å². The van der Waals surface area contributed by atoms with Crippen LogP contribution in [-0.2, 0) is 6.42 Å². The summed E-state index contributed by atoms with van der Waals surface area (Å²) in [5.74, 6) is 1.87. The first-order chi connectivity index (χ1) is 10.3. The number of ether oxygens (including phenoxy) is 1. The van der Waals surface area contributed by atoms with Crippen molar-refractivity contribution in [3.8, 4) is 5.75 Å². The second-order valence-electron chi connectivity index (χ2n) is 7.00. The van der Waals surface area contributed by atoms with Crippen LogP contribution in [0.25, 0.3) is 0 Å². The summed E-state index contributed by atoms with van der Waals surface area (Å²) in [7, 11) is 1.73. The van der Waals surface area contributed by atoms with E-state index in [1.54, 1.807) is 7.11 Å². The molecule has 21 heavy (non-hydrogen) atoms. The highest BCUT2D eigenvalue weighted by Gasteiger charge is 2.43. The van der Waals surface area contributed by atoms with Crippen molar-refractivity contribution in [2.24, 2.45) is 11.7 Å². The number of rotatable bonds is 2. The lowest BCUT2D eigenvalue weighted by Gasteiger charge is -2.37. The van der Waals surface area contributed by atoms with E-state index in [1.807, 2.05) is 0 Å². The van der Waals surface area contributed by atoms with E-state index in [9.17, 15) is 0 Å². The predicted octanol–water partition coefficient (Wildman–Crippen LogP) is 2.88. The molecule has 4 rings (SSSR count). The highest BCUT2D eigenvalue weighted by atomic mass is 16.5. The van der Waals surface area contributed by atoms with Gasteiger partial charge in [-0.15, -0.1) is 0 Å². The molecule has 4 atom stereocenters. The standard InChI is InChI=1S/C18H26N2O/c1-21-14-7-6-13-10-17(18(19)15(13)11-14)20-9-8-12-4-2-3-5-16(12)20/h6-7,11-12,16-18H,2-5,8-10,19H2,1H3. The Morgan fingerprint density at radius 2 is 2.00 bits per heavy atom. The second-order valence-corrected chi connectivity index (χ2v) is 7.00. The molecule has 2 N–H and O–H groups in total. The maximum Gasteiger partial charge on any atom is 0.119 e. The quantitative estimate of drug-likeness (QED) is 0.908. The van der Waals surface area contributed by atoms with Crippen LogP contribution in [0.5, 0.6) is 5.75 Å². The molecule has 0 bridgehead atoms. The van der Waals surface area contributed by atoms with E-state index >= 15 is 0 Å². The van der Waals surface area contributed by atoms with Crippen LogP contribution in [0.1, 0.15) is 49.3 Å². The van der Waals surface area contributed by atoms with Crippen LogP contribution in [0.15, 0.2) is 18.2 Å². The molecule has 3 nitrogen and oxygen atoms in total. The zero-order valence-corrected chi connectivity index (χ0v) is 12.9. The molecule has 4 unspecified atom stereocenters. The molecule has 3 aliphatic rings. The SMILES string of the molecule is COc1ccc2c(c1)C(N)C(N1CCC3CCCCC31)C2. The van der Waals surface area contributed by atoms with E-state index in [0.29, 0.717) is 6.04 Å². The van der Waals surface area contributed by atoms with Gasteiger partial charge in [-0.25, -0.2) is 0 Å².